The molecule has 4 heterocycles. The van der Waals surface area contributed by atoms with Crippen LogP contribution in [0.25, 0.3) is 21.2 Å². The number of carbonyl (C=O) groups excluding carboxylic acids is 1. The Kier molecular flexibility index (Phi) is 3.57. The summed E-state index contributed by atoms with van der Waals surface area (Å²) in [5.41, 5.74) is 3.53. The number of rotatable bonds is 2. The summed E-state index contributed by atoms with van der Waals surface area (Å²) in [5, 5.41) is 1.50. The summed E-state index contributed by atoms with van der Waals surface area (Å²) in [6.45, 7) is 0.575. The van der Waals surface area contributed by atoms with E-state index in [4.69, 9.17) is 4.42 Å². The molecule has 2 aromatic carbocycles. The predicted octanol–water partition coefficient (Wildman–Crippen LogP) is 4.55. The first-order valence-electron chi connectivity index (χ1n) is 9.45. The number of imidazole rings is 1. The maximum Gasteiger partial charge on any atom is 0.283 e. The Morgan fingerprint density at radius 1 is 1.17 bits per heavy atom. The molecule has 1 amide bonds. The third-order valence-corrected chi connectivity index (χ3v) is 6.40. The van der Waals surface area contributed by atoms with Crippen molar-refractivity contribution in [3.8, 4) is 0 Å². The lowest BCUT2D eigenvalue weighted by Crippen LogP contribution is -2.40. The first kappa shape index (κ1) is 16.5. The Balaban J connectivity index is 1.47. The largest absolute Gasteiger partial charge is 0.458 e. The molecule has 6 rings (SSSR count). The normalized spacial score (nSPS) is 16.4. The highest BCUT2D eigenvalue weighted by molar-refractivity contribution is 7.20. The van der Waals surface area contributed by atoms with Gasteiger partial charge in [0.25, 0.3) is 5.91 Å². The van der Waals surface area contributed by atoms with Crippen LogP contribution in [0.5, 0.6) is 0 Å². The van der Waals surface area contributed by atoms with E-state index in [0.717, 1.165) is 39.0 Å². The van der Waals surface area contributed by atoms with E-state index >= 15 is 0 Å². The van der Waals surface area contributed by atoms with E-state index < -0.39 is 0 Å². The van der Waals surface area contributed by atoms with Gasteiger partial charge in [-0.2, -0.15) is 0 Å². The lowest BCUT2D eigenvalue weighted by atomic mass is 10.00. The second kappa shape index (κ2) is 6.28. The summed E-state index contributed by atoms with van der Waals surface area (Å²) in [5.74, 6) is 0.624. The van der Waals surface area contributed by atoms with Crippen molar-refractivity contribution in [2.45, 2.75) is 12.5 Å². The number of carbonyl (C=O) groups is 1. The van der Waals surface area contributed by atoms with Gasteiger partial charge in [-0.05, 0) is 24.3 Å². The van der Waals surface area contributed by atoms with Gasteiger partial charge in [-0.3, -0.25) is 4.79 Å². The fraction of sp³-hybridized carbons (Fsp3) is 0.136. The molecule has 0 fully saturated rings. The van der Waals surface area contributed by atoms with E-state index in [1.54, 1.807) is 6.33 Å². The number of aromatic nitrogens is 3. The number of fused-ring (bicyclic) bond motifs is 3. The molecule has 1 atom stereocenters. The number of hydrogen-bond donors (Lipinski definition) is 1. The number of amides is 1. The molecule has 0 aliphatic carbocycles. The zero-order chi connectivity index (χ0) is 19.4. The monoisotopic (exact) mass is 400 g/mol. The van der Waals surface area contributed by atoms with E-state index in [1.807, 2.05) is 59.5 Å². The molecule has 142 valence electrons. The molecule has 1 aliphatic rings. The highest BCUT2D eigenvalue weighted by Crippen LogP contribution is 2.37. The third-order valence-electron chi connectivity index (χ3n) is 5.38. The van der Waals surface area contributed by atoms with Crippen molar-refractivity contribution in [1.82, 2.24) is 19.9 Å². The maximum atomic E-state index is 13.5. The number of nitrogens with zero attached hydrogens (tertiary/aromatic N) is 3. The minimum Gasteiger partial charge on any atom is -0.458 e. The van der Waals surface area contributed by atoms with Crippen LogP contribution in [-0.4, -0.2) is 32.3 Å². The molecule has 0 spiro atoms. The summed E-state index contributed by atoms with van der Waals surface area (Å²) in [6, 6.07) is 17.3. The molecule has 0 saturated carbocycles. The number of para-hydroxylation sites is 2. The van der Waals surface area contributed by atoms with Crippen molar-refractivity contribution < 1.29 is 9.21 Å². The van der Waals surface area contributed by atoms with Crippen LogP contribution in [-0.2, 0) is 6.42 Å². The minimum atomic E-state index is -0.378. The number of furan rings is 1. The summed E-state index contributed by atoms with van der Waals surface area (Å²) in [4.78, 5) is 27.6. The van der Waals surface area contributed by atoms with Crippen LogP contribution in [0.3, 0.4) is 0 Å². The van der Waals surface area contributed by atoms with Gasteiger partial charge in [0.05, 0.1) is 22.2 Å². The number of benzene rings is 2. The quantitative estimate of drug-likeness (QED) is 0.472. The van der Waals surface area contributed by atoms with Crippen LogP contribution < -0.4 is 0 Å². The second-order valence-electron chi connectivity index (χ2n) is 7.09. The first-order chi connectivity index (χ1) is 14.3. The molecule has 1 N–H and O–H groups in total. The van der Waals surface area contributed by atoms with Crippen molar-refractivity contribution in [3.05, 3.63) is 83.1 Å². The van der Waals surface area contributed by atoms with Crippen molar-refractivity contribution >= 4 is 38.4 Å². The fourth-order valence-corrected chi connectivity index (χ4v) is 4.93. The molecule has 29 heavy (non-hydrogen) atoms. The van der Waals surface area contributed by atoms with Crippen molar-refractivity contribution in [1.29, 1.82) is 0 Å². The summed E-state index contributed by atoms with van der Waals surface area (Å²) < 4.78 is 7.15. The van der Waals surface area contributed by atoms with E-state index in [9.17, 15) is 4.79 Å². The smallest absolute Gasteiger partial charge is 0.283 e. The van der Waals surface area contributed by atoms with Crippen LogP contribution in [0.2, 0.25) is 0 Å². The SMILES string of the molecule is O=C(c1nc2ccccc2s1)N1CCc2[nH]cnc2[C@@H]1c1cc2ccccc2o1. The molecule has 1 aliphatic heterocycles. The van der Waals surface area contributed by atoms with Gasteiger partial charge in [-0.15, -0.1) is 11.3 Å². The molecule has 0 bridgehead atoms. The van der Waals surface area contributed by atoms with E-state index in [1.165, 1.54) is 11.3 Å². The Morgan fingerprint density at radius 2 is 2.03 bits per heavy atom. The van der Waals surface area contributed by atoms with Gasteiger partial charge in [0, 0.05) is 24.0 Å². The number of aromatic amines is 1. The number of nitrogens with one attached hydrogen (secondary N) is 1. The lowest BCUT2D eigenvalue weighted by molar-refractivity contribution is 0.0672. The minimum absolute atomic E-state index is 0.0923. The van der Waals surface area contributed by atoms with Gasteiger partial charge < -0.3 is 14.3 Å². The van der Waals surface area contributed by atoms with Crippen LogP contribution in [0, 0.1) is 0 Å². The number of thiazole rings is 1. The fourth-order valence-electron chi connectivity index (χ4n) is 4.01. The van der Waals surface area contributed by atoms with E-state index in [2.05, 4.69) is 15.0 Å². The van der Waals surface area contributed by atoms with E-state index in [0.29, 0.717) is 17.3 Å². The van der Waals surface area contributed by atoms with Crippen molar-refractivity contribution in [2.24, 2.45) is 0 Å². The molecule has 6 nitrogen and oxygen atoms in total. The average Bonchev–Trinajstić information content (AvgIpc) is 3.49. The lowest BCUT2D eigenvalue weighted by Gasteiger charge is -2.33. The molecule has 7 heteroatoms. The summed E-state index contributed by atoms with van der Waals surface area (Å²) >= 11 is 1.42. The Morgan fingerprint density at radius 3 is 2.93 bits per heavy atom. The predicted molar refractivity (Wildman–Crippen MR) is 111 cm³/mol. The molecular formula is C22H16N4O2S. The van der Waals surface area contributed by atoms with Gasteiger partial charge in [-0.25, -0.2) is 9.97 Å². The van der Waals surface area contributed by atoms with Crippen LogP contribution in [0.4, 0.5) is 0 Å². The zero-order valence-electron chi connectivity index (χ0n) is 15.3. The van der Waals surface area contributed by atoms with Gasteiger partial charge >= 0.3 is 0 Å². The van der Waals surface area contributed by atoms with Gasteiger partial charge in [0.1, 0.15) is 17.4 Å². The summed E-state index contributed by atoms with van der Waals surface area (Å²) in [6.07, 6.45) is 2.41. The first-order valence-corrected chi connectivity index (χ1v) is 10.3. The maximum absolute atomic E-state index is 13.5. The summed E-state index contributed by atoms with van der Waals surface area (Å²) in [7, 11) is 0. The average molecular weight is 400 g/mol. The third kappa shape index (κ3) is 2.58. The van der Waals surface area contributed by atoms with Crippen LogP contribution >= 0.6 is 11.3 Å². The molecule has 5 aromatic rings. The zero-order valence-corrected chi connectivity index (χ0v) is 16.1. The molecule has 0 unspecified atom stereocenters. The standard InChI is InChI=1S/C22H16N4O2S/c27-22(21-25-14-6-2-4-8-18(14)29-21)26-10-9-15-19(24-12-23-15)20(26)17-11-13-5-1-3-7-16(13)28-17/h1-8,11-12,20H,9-10H2,(H,23,24)/t20-/m0/s1. The Hall–Kier alpha value is -3.45. The number of H-pyrrole nitrogens is 1. The number of hydrogen-bond acceptors (Lipinski definition) is 5. The van der Waals surface area contributed by atoms with Gasteiger partial charge in [-0.1, -0.05) is 30.3 Å². The second-order valence-corrected chi connectivity index (χ2v) is 8.12. The topological polar surface area (TPSA) is 75.0 Å². The Bertz CT molecular complexity index is 1300. The molecule has 3 aromatic heterocycles. The highest BCUT2D eigenvalue weighted by Gasteiger charge is 2.37. The van der Waals surface area contributed by atoms with Crippen molar-refractivity contribution in [3.63, 3.8) is 0 Å². The Labute approximate surface area is 169 Å². The molecular weight excluding hydrogens is 384 g/mol. The molecule has 0 saturated heterocycles. The van der Waals surface area contributed by atoms with Crippen molar-refractivity contribution in [2.75, 3.05) is 6.54 Å². The van der Waals surface area contributed by atoms with Crippen LogP contribution in [0.1, 0.15) is 33.0 Å². The van der Waals surface area contributed by atoms with Gasteiger partial charge in [0.2, 0.25) is 0 Å². The molecule has 0 radical (unpaired) electrons. The van der Waals surface area contributed by atoms with Crippen LogP contribution in [0.15, 0.2) is 65.3 Å². The highest BCUT2D eigenvalue weighted by atomic mass is 32.1. The van der Waals surface area contributed by atoms with Gasteiger partial charge in [0.15, 0.2) is 5.01 Å². The van der Waals surface area contributed by atoms with E-state index in [-0.39, 0.29) is 11.9 Å².